The number of sulfone groups is 1. The first-order chi connectivity index (χ1) is 8.21. The van der Waals surface area contributed by atoms with Crippen LogP contribution in [0, 0.1) is 11.8 Å². The number of hydrogen-bond donors (Lipinski definition) is 2. The number of carbonyl (C=O) groups is 2. The fourth-order valence-corrected chi connectivity index (χ4v) is 3.90. The Balaban J connectivity index is 2.49. The first-order valence-electron chi connectivity index (χ1n) is 5.94. The second-order valence-corrected chi connectivity index (χ2v) is 7.33. The van der Waals surface area contributed by atoms with Gasteiger partial charge in [-0.25, -0.2) is 13.2 Å². The van der Waals surface area contributed by atoms with E-state index in [4.69, 9.17) is 5.11 Å². The quantitative estimate of drug-likeness (QED) is 0.738. The van der Waals surface area contributed by atoms with Crippen LogP contribution in [0.4, 0.5) is 0 Å². The van der Waals surface area contributed by atoms with Gasteiger partial charge in [0.2, 0.25) is 5.91 Å². The van der Waals surface area contributed by atoms with E-state index in [1.807, 2.05) is 0 Å². The van der Waals surface area contributed by atoms with Crippen molar-refractivity contribution in [3.05, 3.63) is 0 Å². The SMILES string of the molecule is CC(C)C(NC(=O)CC1CCS(=O)(=O)C1)C(=O)O. The highest BCUT2D eigenvalue weighted by Crippen LogP contribution is 2.21. The number of aliphatic carboxylic acids is 1. The predicted octanol–water partition coefficient (Wildman–Crippen LogP) is 0.0366. The summed E-state index contributed by atoms with van der Waals surface area (Å²) < 4.78 is 22.5. The number of carboxylic acids is 1. The zero-order valence-electron chi connectivity index (χ0n) is 10.5. The molecule has 18 heavy (non-hydrogen) atoms. The van der Waals surface area contributed by atoms with Crippen molar-refractivity contribution < 1.29 is 23.1 Å². The van der Waals surface area contributed by atoms with Crippen molar-refractivity contribution in [1.29, 1.82) is 0 Å². The van der Waals surface area contributed by atoms with Crippen LogP contribution in [0.5, 0.6) is 0 Å². The zero-order valence-corrected chi connectivity index (χ0v) is 11.4. The molecular weight excluding hydrogens is 258 g/mol. The van der Waals surface area contributed by atoms with Gasteiger partial charge in [0.25, 0.3) is 0 Å². The molecule has 1 amide bonds. The topological polar surface area (TPSA) is 101 Å². The number of amides is 1. The lowest BCUT2D eigenvalue weighted by Crippen LogP contribution is -2.44. The van der Waals surface area contributed by atoms with Crippen molar-refractivity contribution in [2.24, 2.45) is 11.8 Å². The summed E-state index contributed by atoms with van der Waals surface area (Å²) in [6.45, 7) is 3.41. The van der Waals surface area contributed by atoms with Crippen molar-refractivity contribution in [3.63, 3.8) is 0 Å². The first kappa shape index (κ1) is 14.9. The van der Waals surface area contributed by atoms with E-state index in [-0.39, 0.29) is 29.8 Å². The molecule has 0 saturated carbocycles. The third-order valence-corrected chi connectivity index (χ3v) is 4.89. The lowest BCUT2D eigenvalue weighted by atomic mass is 10.0. The maximum atomic E-state index is 11.7. The Bertz CT molecular complexity index is 429. The standard InChI is InChI=1S/C11H19NO5S/c1-7(2)10(11(14)15)12-9(13)5-8-3-4-18(16,17)6-8/h7-8,10H,3-6H2,1-2H3,(H,12,13)(H,14,15). The number of hydrogen-bond acceptors (Lipinski definition) is 4. The van der Waals surface area contributed by atoms with Crippen molar-refractivity contribution in [2.75, 3.05) is 11.5 Å². The van der Waals surface area contributed by atoms with Gasteiger partial charge in [-0.1, -0.05) is 13.8 Å². The van der Waals surface area contributed by atoms with Gasteiger partial charge in [0.1, 0.15) is 6.04 Å². The van der Waals surface area contributed by atoms with Gasteiger partial charge in [0.05, 0.1) is 11.5 Å². The molecule has 0 spiro atoms. The number of carbonyl (C=O) groups excluding carboxylic acids is 1. The van der Waals surface area contributed by atoms with E-state index in [9.17, 15) is 18.0 Å². The Morgan fingerprint density at radius 3 is 2.39 bits per heavy atom. The molecule has 2 atom stereocenters. The van der Waals surface area contributed by atoms with Gasteiger partial charge in [0, 0.05) is 6.42 Å². The fraction of sp³-hybridized carbons (Fsp3) is 0.818. The van der Waals surface area contributed by atoms with Crippen molar-refractivity contribution >= 4 is 21.7 Å². The molecule has 6 nitrogen and oxygen atoms in total. The number of nitrogens with one attached hydrogen (secondary N) is 1. The highest BCUT2D eigenvalue weighted by Gasteiger charge is 2.31. The second-order valence-electron chi connectivity index (χ2n) is 5.10. The summed E-state index contributed by atoms with van der Waals surface area (Å²) in [4.78, 5) is 22.6. The Hall–Kier alpha value is -1.11. The van der Waals surface area contributed by atoms with Gasteiger partial charge in [-0.2, -0.15) is 0 Å². The zero-order chi connectivity index (χ0) is 13.9. The van der Waals surface area contributed by atoms with E-state index in [0.29, 0.717) is 6.42 Å². The Kier molecular flexibility index (Phi) is 4.72. The Labute approximate surface area is 107 Å². The minimum atomic E-state index is -3.00. The molecule has 1 aliphatic heterocycles. The van der Waals surface area contributed by atoms with E-state index >= 15 is 0 Å². The van der Waals surface area contributed by atoms with Crippen LogP contribution >= 0.6 is 0 Å². The van der Waals surface area contributed by atoms with Crippen LogP contribution in [0.25, 0.3) is 0 Å². The number of carboxylic acid groups (broad SMARTS) is 1. The van der Waals surface area contributed by atoms with E-state index in [1.165, 1.54) is 0 Å². The molecule has 0 bridgehead atoms. The van der Waals surface area contributed by atoms with Crippen molar-refractivity contribution in [2.45, 2.75) is 32.7 Å². The summed E-state index contributed by atoms with van der Waals surface area (Å²) in [6.07, 6.45) is 0.560. The summed E-state index contributed by atoms with van der Waals surface area (Å²) in [5, 5.41) is 11.4. The van der Waals surface area contributed by atoms with Crippen molar-refractivity contribution in [1.82, 2.24) is 5.32 Å². The van der Waals surface area contributed by atoms with Gasteiger partial charge in [-0.05, 0) is 18.3 Å². The largest absolute Gasteiger partial charge is 0.480 e. The maximum absolute atomic E-state index is 11.7. The third kappa shape index (κ3) is 4.29. The molecule has 2 N–H and O–H groups in total. The van der Waals surface area contributed by atoms with Crippen LogP contribution < -0.4 is 5.32 Å². The summed E-state index contributed by atoms with van der Waals surface area (Å²) in [6, 6.07) is -0.921. The molecule has 1 saturated heterocycles. The average molecular weight is 277 g/mol. The van der Waals surface area contributed by atoms with Crippen LogP contribution in [0.15, 0.2) is 0 Å². The minimum absolute atomic E-state index is 0.0276. The summed E-state index contributed by atoms with van der Waals surface area (Å²) in [5.41, 5.74) is 0. The van der Waals surface area contributed by atoms with E-state index < -0.39 is 27.8 Å². The average Bonchev–Trinajstić information content (AvgIpc) is 2.53. The fourth-order valence-electron chi connectivity index (χ4n) is 2.04. The van der Waals surface area contributed by atoms with Crippen LogP contribution in [0.2, 0.25) is 0 Å². The Morgan fingerprint density at radius 1 is 1.39 bits per heavy atom. The molecule has 104 valence electrons. The molecule has 1 fully saturated rings. The molecule has 1 heterocycles. The molecule has 1 aliphatic rings. The lowest BCUT2D eigenvalue weighted by Gasteiger charge is -2.18. The van der Waals surface area contributed by atoms with Gasteiger partial charge in [-0.15, -0.1) is 0 Å². The summed E-state index contributed by atoms with van der Waals surface area (Å²) in [5.74, 6) is -1.71. The third-order valence-electron chi connectivity index (χ3n) is 3.05. The predicted molar refractivity (Wildman–Crippen MR) is 65.8 cm³/mol. The minimum Gasteiger partial charge on any atom is -0.480 e. The van der Waals surface area contributed by atoms with Gasteiger partial charge in [0.15, 0.2) is 9.84 Å². The molecule has 0 radical (unpaired) electrons. The Morgan fingerprint density at radius 2 is 2.00 bits per heavy atom. The van der Waals surface area contributed by atoms with Crippen molar-refractivity contribution in [3.8, 4) is 0 Å². The van der Waals surface area contributed by atoms with Crippen LogP contribution in [0.1, 0.15) is 26.7 Å². The molecule has 2 unspecified atom stereocenters. The summed E-state index contributed by atoms with van der Waals surface area (Å²) >= 11 is 0. The normalized spacial score (nSPS) is 23.8. The molecule has 7 heteroatoms. The van der Waals surface area contributed by atoms with Gasteiger partial charge in [-0.3, -0.25) is 4.79 Å². The van der Waals surface area contributed by atoms with Gasteiger partial charge < -0.3 is 10.4 Å². The molecular formula is C11H19NO5S. The van der Waals surface area contributed by atoms with Gasteiger partial charge >= 0.3 is 5.97 Å². The molecule has 1 rings (SSSR count). The smallest absolute Gasteiger partial charge is 0.326 e. The molecule has 0 aliphatic carbocycles. The van der Waals surface area contributed by atoms with Crippen LogP contribution in [-0.2, 0) is 19.4 Å². The lowest BCUT2D eigenvalue weighted by molar-refractivity contribution is -0.143. The molecule has 0 aromatic carbocycles. The highest BCUT2D eigenvalue weighted by atomic mass is 32.2. The second kappa shape index (κ2) is 5.69. The van der Waals surface area contributed by atoms with E-state index in [2.05, 4.69) is 5.32 Å². The number of rotatable bonds is 5. The van der Waals surface area contributed by atoms with Crippen LogP contribution in [0.3, 0.4) is 0 Å². The maximum Gasteiger partial charge on any atom is 0.326 e. The van der Waals surface area contributed by atoms with E-state index in [1.54, 1.807) is 13.8 Å². The highest BCUT2D eigenvalue weighted by molar-refractivity contribution is 7.91. The van der Waals surface area contributed by atoms with E-state index in [0.717, 1.165) is 0 Å². The molecule has 0 aromatic heterocycles. The summed E-state index contributed by atoms with van der Waals surface area (Å²) in [7, 11) is -3.00. The first-order valence-corrected chi connectivity index (χ1v) is 7.76. The molecule has 0 aromatic rings. The van der Waals surface area contributed by atoms with Crippen LogP contribution in [-0.4, -0.2) is 42.9 Å². The monoisotopic (exact) mass is 277 g/mol.